The highest BCUT2D eigenvalue weighted by molar-refractivity contribution is 5.71. The molecule has 3 aromatic carbocycles. The minimum Gasteiger partial charge on any atom is -0.488 e. The zero-order chi connectivity index (χ0) is 24.1. The van der Waals surface area contributed by atoms with Crippen LogP contribution in [0.3, 0.4) is 0 Å². The molecule has 0 amide bonds. The third-order valence-corrected chi connectivity index (χ3v) is 4.98. The monoisotopic (exact) mass is 451 g/mol. The second kappa shape index (κ2) is 9.83. The first-order valence-electron chi connectivity index (χ1n) is 10.3. The molecule has 6 heteroatoms. The van der Waals surface area contributed by atoms with Crippen molar-refractivity contribution >= 4 is 6.08 Å². The maximum absolute atomic E-state index is 12.4. The van der Waals surface area contributed by atoms with Crippen LogP contribution in [0.15, 0.2) is 72.8 Å². The largest absolute Gasteiger partial charge is 0.573 e. The average molecular weight is 451 g/mol. The summed E-state index contributed by atoms with van der Waals surface area (Å²) in [7, 11) is 0. The molecule has 0 saturated carbocycles. The van der Waals surface area contributed by atoms with E-state index in [1.165, 1.54) is 23.8 Å². The van der Waals surface area contributed by atoms with Crippen LogP contribution in [0.25, 0.3) is 17.2 Å². The molecule has 0 aliphatic rings. The van der Waals surface area contributed by atoms with Gasteiger partial charge in [0.2, 0.25) is 0 Å². The van der Waals surface area contributed by atoms with Crippen LogP contribution >= 0.6 is 0 Å². The topological polar surface area (TPSA) is 42.2 Å². The van der Waals surface area contributed by atoms with E-state index in [1.807, 2.05) is 30.3 Å². The Labute approximate surface area is 191 Å². The Morgan fingerprint density at radius 3 is 2.09 bits per heavy atom. The lowest BCUT2D eigenvalue weighted by atomic mass is 9.87. The summed E-state index contributed by atoms with van der Waals surface area (Å²) in [5, 5.41) is 8.94. The number of hydrogen-bond donors (Lipinski definition) is 0. The Kier molecular flexibility index (Phi) is 7.13. The molecule has 3 aromatic rings. The van der Waals surface area contributed by atoms with E-state index in [2.05, 4.69) is 37.6 Å². The van der Waals surface area contributed by atoms with E-state index < -0.39 is 6.36 Å². The summed E-state index contributed by atoms with van der Waals surface area (Å²) >= 11 is 0. The lowest BCUT2D eigenvalue weighted by molar-refractivity contribution is -0.274. The summed E-state index contributed by atoms with van der Waals surface area (Å²) in [4.78, 5) is 0. The van der Waals surface area contributed by atoms with Crippen LogP contribution in [-0.4, -0.2) is 6.36 Å². The molecular weight excluding hydrogens is 427 g/mol. The minimum absolute atomic E-state index is 0.0710. The van der Waals surface area contributed by atoms with Crippen LogP contribution in [0, 0.1) is 11.3 Å². The smallest absolute Gasteiger partial charge is 0.488 e. The minimum atomic E-state index is -4.73. The van der Waals surface area contributed by atoms with Gasteiger partial charge in [-0.15, -0.1) is 13.2 Å². The van der Waals surface area contributed by atoms with E-state index >= 15 is 0 Å². The summed E-state index contributed by atoms with van der Waals surface area (Å²) in [5.41, 5.74) is 4.49. The van der Waals surface area contributed by atoms with Gasteiger partial charge in [-0.05, 0) is 58.0 Å². The van der Waals surface area contributed by atoms with Gasteiger partial charge in [0.05, 0.1) is 6.07 Å². The number of nitriles is 1. The molecular formula is C27H24F3NO2. The summed E-state index contributed by atoms with van der Waals surface area (Å²) in [6, 6.07) is 21.3. The first kappa shape index (κ1) is 23.9. The van der Waals surface area contributed by atoms with Crippen LogP contribution in [0.4, 0.5) is 13.2 Å². The number of allylic oxidation sites excluding steroid dienone is 1. The van der Waals surface area contributed by atoms with Gasteiger partial charge >= 0.3 is 6.36 Å². The molecule has 33 heavy (non-hydrogen) atoms. The van der Waals surface area contributed by atoms with E-state index in [4.69, 9.17) is 10.00 Å². The molecule has 3 nitrogen and oxygen atoms in total. The van der Waals surface area contributed by atoms with Crippen molar-refractivity contribution in [1.82, 2.24) is 0 Å². The normalized spacial score (nSPS) is 11.9. The fourth-order valence-corrected chi connectivity index (χ4v) is 3.23. The highest BCUT2D eigenvalue weighted by atomic mass is 19.4. The molecule has 0 unspecified atom stereocenters. The molecule has 0 fully saturated rings. The van der Waals surface area contributed by atoms with E-state index in [-0.39, 0.29) is 11.2 Å². The van der Waals surface area contributed by atoms with Crippen molar-refractivity contribution in [3.8, 4) is 28.7 Å². The molecule has 170 valence electrons. The third-order valence-electron chi connectivity index (χ3n) is 4.98. The highest BCUT2D eigenvalue weighted by Crippen LogP contribution is 2.31. The molecule has 3 rings (SSSR count). The molecule has 0 saturated heterocycles. The van der Waals surface area contributed by atoms with Gasteiger partial charge in [0, 0.05) is 11.6 Å². The van der Waals surface area contributed by atoms with Crippen molar-refractivity contribution in [2.24, 2.45) is 0 Å². The van der Waals surface area contributed by atoms with Crippen LogP contribution < -0.4 is 9.47 Å². The van der Waals surface area contributed by atoms with Gasteiger partial charge in [0.15, 0.2) is 0 Å². The van der Waals surface area contributed by atoms with Crippen molar-refractivity contribution in [3.05, 3.63) is 89.5 Å². The van der Waals surface area contributed by atoms with Gasteiger partial charge in [-0.2, -0.15) is 5.26 Å². The Morgan fingerprint density at radius 1 is 0.879 bits per heavy atom. The predicted molar refractivity (Wildman–Crippen MR) is 123 cm³/mol. The zero-order valence-electron chi connectivity index (χ0n) is 18.6. The summed E-state index contributed by atoms with van der Waals surface area (Å²) in [5.74, 6) is 0.315. The molecule has 0 heterocycles. The van der Waals surface area contributed by atoms with Crippen molar-refractivity contribution in [2.45, 2.75) is 39.2 Å². The number of nitrogens with zero attached hydrogens (tertiary/aromatic N) is 1. The molecule has 0 atom stereocenters. The van der Waals surface area contributed by atoms with Gasteiger partial charge in [-0.3, -0.25) is 0 Å². The SMILES string of the molecule is CC(C)(C)c1ccc(COc2ccc(-c3ccc(OC(F)(F)F)cc3)cc2C=CC#N)cc1. The van der Waals surface area contributed by atoms with Gasteiger partial charge in [-0.25, -0.2) is 0 Å². The van der Waals surface area contributed by atoms with Crippen LogP contribution in [-0.2, 0) is 12.0 Å². The number of halogens is 3. The molecule has 0 bridgehead atoms. The Morgan fingerprint density at radius 2 is 1.52 bits per heavy atom. The summed E-state index contributed by atoms with van der Waals surface area (Å²) in [6.45, 7) is 6.83. The zero-order valence-corrected chi connectivity index (χ0v) is 18.6. The standard InChI is InChI=1S/C27H24F3NO2/c1-26(2,3)23-11-6-19(7-12-23)18-32-25-15-10-21(17-22(25)5-4-16-31)20-8-13-24(14-9-20)33-27(28,29)30/h4-15,17H,18H2,1-3H3. The molecule has 0 radical (unpaired) electrons. The molecule has 0 aromatic heterocycles. The van der Waals surface area contributed by atoms with Crippen molar-refractivity contribution < 1.29 is 22.6 Å². The fraction of sp³-hybridized carbons (Fsp3) is 0.222. The van der Waals surface area contributed by atoms with E-state index in [0.29, 0.717) is 23.5 Å². The average Bonchev–Trinajstić information content (AvgIpc) is 2.75. The molecule has 0 aliphatic carbocycles. The van der Waals surface area contributed by atoms with Gasteiger partial charge in [0.25, 0.3) is 0 Å². The second-order valence-corrected chi connectivity index (χ2v) is 8.52. The Hall–Kier alpha value is -3.72. The lowest BCUT2D eigenvalue weighted by Gasteiger charge is -2.19. The molecule has 0 N–H and O–H groups in total. The van der Waals surface area contributed by atoms with Crippen molar-refractivity contribution in [3.63, 3.8) is 0 Å². The van der Waals surface area contributed by atoms with Crippen LogP contribution in [0.1, 0.15) is 37.5 Å². The maximum Gasteiger partial charge on any atom is 0.573 e. The van der Waals surface area contributed by atoms with E-state index in [9.17, 15) is 13.2 Å². The number of benzene rings is 3. The summed E-state index contributed by atoms with van der Waals surface area (Å²) in [6.07, 6.45) is -1.74. The third kappa shape index (κ3) is 6.88. The van der Waals surface area contributed by atoms with Gasteiger partial charge in [-0.1, -0.05) is 63.2 Å². The van der Waals surface area contributed by atoms with E-state index in [0.717, 1.165) is 11.1 Å². The molecule has 0 aliphatic heterocycles. The maximum atomic E-state index is 12.4. The van der Waals surface area contributed by atoms with Crippen molar-refractivity contribution in [1.29, 1.82) is 5.26 Å². The lowest BCUT2D eigenvalue weighted by Crippen LogP contribution is -2.16. The van der Waals surface area contributed by atoms with Crippen LogP contribution in [0.2, 0.25) is 0 Å². The summed E-state index contributed by atoms with van der Waals surface area (Å²) < 4.78 is 47.1. The van der Waals surface area contributed by atoms with Gasteiger partial charge in [0.1, 0.15) is 18.1 Å². The second-order valence-electron chi connectivity index (χ2n) is 8.52. The van der Waals surface area contributed by atoms with Crippen molar-refractivity contribution in [2.75, 3.05) is 0 Å². The van der Waals surface area contributed by atoms with Crippen LogP contribution in [0.5, 0.6) is 11.5 Å². The number of rotatable bonds is 6. The molecule has 0 spiro atoms. The Bertz CT molecular complexity index is 1150. The number of alkyl halides is 3. The predicted octanol–water partition coefficient (Wildman–Crippen LogP) is 7.67. The first-order chi connectivity index (χ1) is 15.5. The number of ether oxygens (including phenoxy) is 2. The quantitative estimate of drug-likeness (QED) is 0.361. The highest BCUT2D eigenvalue weighted by Gasteiger charge is 2.31. The first-order valence-corrected chi connectivity index (χ1v) is 10.3. The Balaban J connectivity index is 1.79. The van der Waals surface area contributed by atoms with Gasteiger partial charge < -0.3 is 9.47 Å². The number of hydrogen-bond acceptors (Lipinski definition) is 3. The fourth-order valence-electron chi connectivity index (χ4n) is 3.23. The van der Waals surface area contributed by atoms with E-state index in [1.54, 1.807) is 24.3 Å².